The van der Waals surface area contributed by atoms with E-state index in [1.165, 1.54) is 6.07 Å². The van der Waals surface area contributed by atoms with Crippen LogP contribution in [0.1, 0.15) is 72.5 Å². The molecule has 0 saturated carbocycles. The standard InChI is InChI=1S/C25H18N2O6/c28-20-10-9-15(24(31)27-20)14-7-5-13(6-8-14)12-26-25(32)19-11-18-21(29)16-3-1-2-4-17(16)22(30)23(18)33-19/h1-8,11,15H,9-10,12H2,(H,26,32)(H,27,28,31). The molecule has 0 bridgehead atoms. The second kappa shape index (κ2) is 7.98. The first-order valence-electron chi connectivity index (χ1n) is 10.5. The number of carbonyl (C=O) groups is 5. The van der Waals surface area contributed by atoms with E-state index in [2.05, 4.69) is 10.6 Å². The summed E-state index contributed by atoms with van der Waals surface area (Å²) in [7, 11) is 0. The highest BCUT2D eigenvalue weighted by molar-refractivity contribution is 6.27. The number of fused-ring (bicyclic) bond motifs is 2. The van der Waals surface area contributed by atoms with Crippen molar-refractivity contribution in [2.45, 2.75) is 25.3 Å². The maximum atomic E-state index is 12.7. The normalized spacial score (nSPS) is 17.3. The van der Waals surface area contributed by atoms with Crippen molar-refractivity contribution in [2.24, 2.45) is 0 Å². The first-order valence-corrected chi connectivity index (χ1v) is 10.5. The largest absolute Gasteiger partial charge is 0.447 e. The minimum atomic E-state index is -0.552. The summed E-state index contributed by atoms with van der Waals surface area (Å²) in [6.45, 7) is 0.182. The molecule has 2 aliphatic rings. The lowest BCUT2D eigenvalue weighted by Gasteiger charge is -2.21. The van der Waals surface area contributed by atoms with Crippen molar-refractivity contribution in [3.8, 4) is 0 Å². The molecule has 2 heterocycles. The predicted octanol–water partition coefficient (Wildman–Crippen LogP) is 2.51. The van der Waals surface area contributed by atoms with E-state index in [4.69, 9.17) is 4.42 Å². The quantitative estimate of drug-likeness (QED) is 0.468. The van der Waals surface area contributed by atoms with Crippen LogP contribution < -0.4 is 10.6 Å². The molecule has 1 aliphatic carbocycles. The Morgan fingerprint density at radius 3 is 2.33 bits per heavy atom. The van der Waals surface area contributed by atoms with E-state index in [1.54, 1.807) is 48.5 Å². The molecular weight excluding hydrogens is 424 g/mol. The SMILES string of the molecule is O=C1CCC(c2ccc(CNC(=O)c3cc4c(o3)C(=O)c3ccccc3C4=O)cc2)C(=O)N1. The number of hydrogen-bond donors (Lipinski definition) is 2. The zero-order valence-corrected chi connectivity index (χ0v) is 17.3. The van der Waals surface area contributed by atoms with E-state index in [-0.39, 0.29) is 52.7 Å². The number of piperidine rings is 1. The lowest BCUT2D eigenvalue weighted by Crippen LogP contribution is -2.39. The van der Waals surface area contributed by atoms with Gasteiger partial charge < -0.3 is 9.73 Å². The molecule has 2 aromatic carbocycles. The van der Waals surface area contributed by atoms with Gasteiger partial charge in [0.2, 0.25) is 17.6 Å². The Morgan fingerprint density at radius 1 is 0.939 bits per heavy atom. The Labute approximate surface area is 188 Å². The first kappa shape index (κ1) is 20.6. The van der Waals surface area contributed by atoms with Crippen LogP contribution in [0.2, 0.25) is 0 Å². The summed E-state index contributed by atoms with van der Waals surface area (Å²) in [5, 5.41) is 5.05. The Morgan fingerprint density at radius 2 is 1.64 bits per heavy atom. The van der Waals surface area contributed by atoms with Gasteiger partial charge in [-0.1, -0.05) is 48.5 Å². The fourth-order valence-corrected chi connectivity index (χ4v) is 4.14. The molecule has 33 heavy (non-hydrogen) atoms. The first-order chi connectivity index (χ1) is 15.9. The third-order valence-electron chi connectivity index (χ3n) is 5.90. The summed E-state index contributed by atoms with van der Waals surface area (Å²) in [5.74, 6) is -2.52. The Bertz CT molecular complexity index is 1280. The topological polar surface area (TPSA) is 123 Å². The van der Waals surface area contributed by atoms with Gasteiger partial charge in [0, 0.05) is 30.2 Å². The third kappa shape index (κ3) is 3.65. The third-order valence-corrected chi connectivity index (χ3v) is 5.90. The number of imide groups is 1. The fourth-order valence-electron chi connectivity index (χ4n) is 4.14. The zero-order chi connectivity index (χ0) is 23.1. The average molecular weight is 442 g/mol. The van der Waals surface area contributed by atoms with Crippen molar-refractivity contribution in [1.82, 2.24) is 10.6 Å². The summed E-state index contributed by atoms with van der Waals surface area (Å²) in [6, 6.07) is 14.9. The highest BCUT2D eigenvalue weighted by atomic mass is 16.4. The van der Waals surface area contributed by atoms with Gasteiger partial charge in [-0.3, -0.25) is 29.3 Å². The van der Waals surface area contributed by atoms with E-state index in [1.807, 2.05) is 0 Å². The highest BCUT2D eigenvalue weighted by Gasteiger charge is 2.34. The maximum Gasteiger partial charge on any atom is 0.287 e. The number of nitrogens with one attached hydrogen (secondary N) is 2. The van der Waals surface area contributed by atoms with Gasteiger partial charge in [-0.2, -0.15) is 0 Å². The molecule has 2 N–H and O–H groups in total. The average Bonchev–Trinajstić information content (AvgIpc) is 3.28. The molecule has 1 atom stereocenters. The minimum Gasteiger partial charge on any atom is -0.447 e. The molecule has 0 radical (unpaired) electrons. The van der Waals surface area contributed by atoms with E-state index in [9.17, 15) is 24.0 Å². The monoisotopic (exact) mass is 442 g/mol. The van der Waals surface area contributed by atoms with E-state index in [0.717, 1.165) is 11.1 Å². The van der Waals surface area contributed by atoms with Gasteiger partial charge in [0.05, 0.1) is 11.5 Å². The molecule has 1 aromatic heterocycles. The van der Waals surface area contributed by atoms with Crippen molar-refractivity contribution in [3.63, 3.8) is 0 Å². The van der Waals surface area contributed by atoms with Crippen LogP contribution in [-0.2, 0) is 16.1 Å². The number of hydrogen-bond acceptors (Lipinski definition) is 6. The number of benzene rings is 2. The predicted molar refractivity (Wildman–Crippen MR) is 115 cm³/mol. The zero-order valence-electron chi connectivity index (χ0n) is 17.3. The Hall–Kier alpha value is -4.33. The van der Waals surface area contributed by atoms with Crippen LogP contribution >= 0.6 is 0 Å². The second-order valence-electron chi connectivity index (χ2n) is 7.99. The van der Waals surface area contributed by atoms with E-state index in [0.29, 0.717) is 18.4 Å². The van der Waals surface area contributed by atoms with Crippen LogP contribution in [0.25, 0.3) is 0 Å². The fraction of sp³-hybridized carbons (Fsp3) is 0.160. The van der Waals surface area contributed by atoms with Gasteiger partial charge in [-0.15, -0.1) is 0 Å². The minimum absolute atomic E-state index is 0.0810. The van der Waals surface area contributed by atoms with Crippen molar-refractivity contribution in [2.75, 3.05) is 0 Å². The van der Waals surface area contributed by atoms with Crippen molar-refractivity contribution in [3.05, 3.63) is 93.9 Å². The molecule has 3 aromatic rings. The van der Waals surface area contributed by atoms with Crippen LogP contribution in [0.4, 0.5) is 0 Å². The number of rotatable bonds is 4. The summed E-state index contributed by atoms with van der Waals surface area (Å²) >= 11 is 0. The molecule has 164 valence electrons. The highest BCUT2D eigenvalue weighted by Crippen LogP contribution is 2.29. The Balaban J connectivity index is 1.27. The molecule has 1 unspecified atom stereocenters. The molecule has 3 amide bonds. The number of carbonyl (C=O) groups excluding carboxylic acids is 5. The van der Waals surface area contributed by atoms with Crippen molar-refractivity contribution < 1.29 is 28.4 Å². The summed E-state index contributed by atoms with van der Waals surface area (Å²) in [6.07, 6.45) is 0.767. The van der Waals surface area contributed by atoms with Gasteiger partial charge in [-0.05, 0) is 17.5 Å². The molecular formula is C25H18N2O6. The van der Waals surface area contributed by atoms with Gasteiger partial charge in [0.25, 0.3) is 5.91 Å². The lowest BCUT2D eigenvalue weighted by molar-refractivity contribution is -0.134. The van der Waals surface area contributed by atoms with Crippen LogP contribution in [0.15, 0.2) is 59.0 Å². The van der Waals surface area contributed by atoms with Crippen molar-refractivity contribution >= 4 is 29.3 Å². The van der Waals surface area contributed by atoms with Gasteiger partial charge >= 0.3 is 0 Å². The van der Waals surface area contributed by atoms with Crippen molar-refractivity contribution in [1.29, 1.82) is 0 Å². The molecule has 1 fully saturated rings. The summed E-state index contributed by atoms with van der Waals surface area (Å²) in [5.41, 5.74) is 2.21. The second-order valence-corrected chi connectivity index (χ2v) is 7.99. The number of amides is 3. The molecule has 5 rings (SSSR count). The van der Waals surface area contributed by atoms with Crippen LogP contribution in [0.3, 0.4) is 0 Å². The van der Waals surface area contributed by atoms with Crippen LogP contribution in [0.5, 0.6) is 0 Å². The molecule has 0 spiro atoms. The van der Waals surface area contributed by atoms with Gasteiger partial charge in [-0.25, -0.2) is 0 Å². The summed E-state index contributed by atoms with van der Waals surface area (Å²) in [4.78, 5) is 61.3. The number of ketones is 2. The van der Waals surface area contributed by atoms with Crippen LogP contribution in [0, 0.1) is 0 Å². The molecule has 8 nitrogen and oxygen atoms in total. The summed E-state index contributed by atoms with van der Waals surface area (Å²) < 4.78 is 5.46. The molecule has 1 aliphatic heterocycles. The van der Waals surface area contributed by atoms with Gasteiger partial charge in [0.1, 0.15) is 0 Å². The molecule has 8 heteroatoms. The number of furan rings is 1. The van der Waals surface area contributed by atoms with Crippen LogP contribution in [-0.4, -0.2) is 29.3 Å². The maximum absolute atomic E-state index is 12.7. The smallest absolute Gasteiger partial charge is 0.287 e. The van der Waals surface area contributed by atoms with E-state index >= 15 is 0 Å². The molecule has 1 saturated heterocycles. The lowest BCUT2D eigenvalue weighted by atomic mass is 9.89. The Kier molecular flexibility index (Phi) is 4.97. The van der Waals surface area contributed by atoms with Gasteiger partial charge in [0.15, 0.2) is 17.3 Å². The van der Waals surface area contributed by atoms with E-state index < -0.39 is 11.7 Å².